The van der Waals surface area contributed by atoms with E-state index >= 15 is 0 Å². The largest absolute Gasteiger partial charge is 0.444 e. The van der Waals surface area contributed by atoms with Crippen LogP contribution in [0.2, 0.25) is 0 Å². The van der Waals surface area contributed by atoms with Gasteiger partial charge < -0.3 is 15.0 Å². The number of likely N-dealkylation sites (tertiary alicyclic amines) is 1. The number of ether oxygens (including phenoxy) is 1. The second-order valence-electron chi connectivity index (χ2n) is 7.04. The first-order valence-corrected chi connectivity index (χ1v) is 8.39. The van der Waals surface area contributed by atoms with Crippen LogP contribution in [0.3, 0.4) is 0 Å². The molecule has 7 heteroatoms. The first kappa shape index (κ1) is 18.8. The number of benzene rings is 1. The van der Waals surface area contributed by atoms with Crippen molar-refractivity contribution in [3.05, 3.63) is 35.9 Å². The molecule has 1 aliphatic heterocycles. The standard InChI is InChI=1S/C18H25N3O4/c1-18(2,3)25-17(24)21-11-9-14(10-12-21)19-16(23)20-15(22)13-7-5-4-6-8-13/h4-8,14H,9-12H2,1-3H3,(H2,19,20,22,23). The van der Waals surface area contributed by atoms with Gasteiger partial charge in [0.2, 0.25) is 0 Å². The second-order valence-corrected chi connectivity index (χ2v) is 7.04. The average molecular weight is 347 g/mol. The van der Waals surface area contributed by atoms with Crippen LogP contribution in [0.4, 0.5) is 9.59 Å². The Morgan fingerprint density at radius 2 is 1.68 bits per heavy atom. The molecule has 1 saturated heterocycles. The molecule has 1 aromatic carbocycles. The molecule has 1 heterocycles. The Bertz CT molecular complexity index is 617. The van der Waals surface area contributed by atoms with E-state index in [-0.39, 0.29) is 12.1 Å². The summed E-state index contributed by atoms with van der Waals surface area (Å²) in [6.45, 7) is 6.49. The van der Waals surface area contributed by atoms with Gasteiger partial charge in [0, 0.05) is 24.7 Å². The Morgan fingerprint density at radius 3 is 2.24 bits per heavy atom. The third-order valence-electron chi connectivity index (χ3n) is 3.74. The molecule has 0 radical (unpaired) electrons. The highest BCUT2D eigenvalue weighted by molar-refractivity contribution is 6.04. The number of hydrogen-bond acceptors (Lipinski definition) is 4. The molecule has 2 N–H and O–H groups in total. The van der Waals surface area contributed by atoms with Crippen molar-refractivity contribution in [2.45, 2.75) is 45.3 Å². The maximum Gasteiger partial charge on any atom is 0.410 e. The lowest BCUT2D eigenvalue weighted by atomic mass is 10.1. The fourth-order valence-corrected chi connectivity index (χ4v) is 2.52. The summed E-state index contributed by atoms with van der Waals surface area (Å²) in [5.41, 5.74) is -0.0958. The summed E-state index contributed by atoms with van der Waals surface area (Å²) in [5, 5.41) is 5.09. The Hall–Kier alpha value is -2.57. The van der Waals surface area contributed by atoms with Gasteiger partial charge in [-0.2, -0.15) is 0 Å². The van der Waals surface area contributed by atoms with Crippen LogP contribution in [0.15, 0.2) is 30.3 Å². The van der Waals surface area contributed by atoms with Crippen molar-refractivity contribution in [1.82, 2.24) is 15.5 Å². The predicted octanol–water partition coefficient (Wildman–Crippen LogP) is 2.53. The van der Waals surface area contributed by atoms with Crippen LogP contribution in [0, 0.1) is 0 Å². The number of carbonyl (C=O) groups is 3. The Morgan fingerprint density at radius 1 is 1.08 bits per heavy atom. The predicted molar refractivity (Wildman–Crippen MR) is 93.3 cm³/mol. The molecular weight excluding hydrogens is 322 g/mol. The highest BCUT2D eigenvalue weighted by Gasteiger charge is 2.27. The topological polar surface area (TPSA) is 87.7 Å². The molecule has 136 valence electrons. The molecule has 0 atom stereocenters. The lowest BCUT2D eigenvalue weighted by Crippen LogP contribution is -2.50. The zero-order valence-electron chi connectivity index (χ0n) is 14.9. The van der Waals surface area contributed by atoms with Crippen molar-refractivity contribution < 1.29 is 19.1 Å². The van der Waals surface area contributed by atoms with Gasteiger partial charge in [-0.3, -0.25) is 10.1 Å². The molecule has 4 amide bonds. The van der Waals surface area contributed by atoms with Crippen molar-refractivity contribution in [3.8, 4) is 0 Å². The quantitative estimate of drug-likeness (QED) is 0.860. The zero-order valence-corrected chi connectivity index (χ0v) is 14.9. The van der Waals surface area contributed by atoms with Crippen molar-refractivity contribution in [2.75, 3.05) is 13.1 Å². The van der Waals surface area contributed by atoms with Gasteiger partial charge in [0.25, 0.3) is 5.91 Å². The lowest BCUT2D eigenvalue weighted by molar-refractivity contribution is 0.0201. The average Bonchev–Trinajstić information content (AvgIpc) is 2.54. The first-order valence-electron chi connectivity index (χ1n) is 8.39. The summed E-state index contributed by atoms with van der Waals surface area (Å²) in [6, 6.07) is 7.95. The molecule has 1 aromatic rings. The van der Waals surface area contributed by atoms with Crippen molar-refractivity contribution in [3.63, 3.8) is 0 Å². The SMILES string of the molecule is CC(C)(C)OC(=O)N1CCC(NC(=O)NC(=O)c2ccccc2)CC1. The van der Waals surface area contributed by atoms with E-state index in [2.05, 4.69) is 10.6 Å². The minimum atomic E-state index is -0.524. The van der Waals surface area contributed by atoms with Gasteiger partial charge in [-0.05, 0) is 45.7 Å². The molecule has 0 saturated carbocycles. The number of urea groups is 1. The molecule has 1 fully saturated rings. The van der Waals surface area contributed by atoms with E-state index in [0.29, 0.717) is 31.5 Å². The van der Waals surface area contributed by atoms with E-state index in [1.54, 1.807) is 35.2 Å². The number of carbonyl (C=O) groups excluding carboxylic acids is 3. The molecule has 0 aromatic heterocycles. The van der Waals surface area contributed by atoms with E-state index in [4.69, 9.17) is 4.74 Å². The number of imide groups is 1. The van der Waals surface area contributed by atoms with Gasteiger partial charge in [-0.15, -0.1) is 0 Å². The summed E-state index contributed by atoms with van der Waals surface area (Å²) in [6.07, 6.45) is 0.896. The van der Waals surface area contributed by atoms with Gasteiger partial charge >= 0.3 is 12.1 Å². The van der Waals surface area contributed by atoms with Crippen molar-refractivity contribution in [2.24, 2.45) is 0 Å². The molecule has 25 heavy (non-hydrogen) atoms. The molecule has 0 aliphatic carbocycles. The van der Waals surface area contributed by atoms with E-state index in [1.165, 1.54) is 0 Å². The molecule has 0 bridgehead atoms. The van der Waals surface area contributed by atoms with Crippen LogP contribution in [0.1, 0.15) is 44.0 Å². The van der Waals surface area contributed by atoms with Gasteiger partial charge in [0.15, 0.2) is 0 Å². The number of nitrogens with one attached hydrogen (secondary N) is 2. The lowest BCUT2D eigenvalue weighted by Gasteiger charge is -2.33. The summed E-state index contributed by atoms with van der Waals surface area (Å²) in [4.78, 5) is 37.5. The minimum Gasteiger partial charge on any atom is -0.444 e. The van der Waals surface area contributed by atoms with Crippen LogP contribution in [-0.4, -0.2) is 47.7 Å². The smallest absolute Gasteiger partial charge is 0.410 e. The normalized spacial score (nSPS) is 15.4. The van der Waals surface area contributed by atoms with Gasteiger partial charge in [-0.1, -0.05) is 18.2 Å². The van der Waals surface area contributed by atoms with Crippen LogP contribution >= 0.6 is 0 Å². The molecule has 7 nitrogen and oxygen atoms in total. The third-order valence-corrected chi connectivity index (χ3v) is 3.74. The Balaban J connectivity index is 1.75. The number of amides is 4. The monoisotopic (exact) mass is 347 g/mol. The van der Waals surface area contributed by atoms with E-state index in [9.17, 15) is 14.4 Å². The number of rotatable bonds is 2. The highest BCUT2D eigenvalue weighted by Crippen LogP contribution is 2.15. The fraction of sp³-hybridized carbons (Fsp3) is 0.500. The van der Waals surface area contributed by atoms with E-state index < -0.39 is 17.5 Å². The number of hydrogen-bond donors (Lipinski definition) is 2. The number of piperidine rings is 1. The molecule has 2 rings (SSSR count). The maximum atomic E-state index is 12.0. The second kappa shape index (κ2) is 8.00. The molecule has 0 unspecified atom stereocenters. The summed E-state index contributed by atoms with van der Waals surface area (Å²) < 4.78 is 5.34. The fourth-order valence-electron chi connectivity index (χ4n) is 2.52. The third kappa shape index (κ3) is 6.10. The molecule has 0 spiro atoms. The maximum absolute atomic E-state index is 12.0. The Kier molecular flexibility index (Phi) is 6.01. The minimum absolute atomic E-state index is 0.0812. The van der Waals surface area contributed by atoms with Crippen LogP contribution in [0.25, 0.3) is 0 Å². The van der Waals surface area contributed by atoms with Gasteiger partial charge in [-0.25, -0.2) is 9.59 Å². The van der Waals surface area contributed by atoms with Crippen LogP contribution in [-0.2, 0) is 4.74 Å². The zero-order chi connectivity index (χ0) is 18.4. The van der Waals surface area contributed by atoms with E-state index in [1.807, 2.05) is 20.8 Å². The van der Waals surface area contributed by atoms with Crippen molar-refractivity contribution in [1.29, 1.82) is 0 Å². The molecule has 1 aliphatic rings. The van der Waals surface area contributed by atoms with Crippen LogP contribution < -0.4 is 10.6 Å². The molecular formula is C18H25N3O4. The summed E-state index contributed by atoms with van der Waals surface area (Å²) in [5.74, 6) is -0.440. The van der Waals surface area contributed by atoms with Gasteiger partial charge in [0.05, 0.1) is 0 Å². The van der Waals surface area contributed by atoms with Gasteiger partial charge in [0.1, 0.15) is 5.60 Å². The summed E-state index contributed by atoms with van der Waals surface area (Å²) in [7, 11) is 0. The van der Waals surface area contributed by atoms with E-state index in [0.717, 1.165) is 0 Å². The Labute approximate surface area is 147 Å². The van der Waals surface area contributed by atoms with Crippen molar-refractivity contribution >= 4 is 18.0 Å². The summed E-state index contributed by atoms with van der Waals surface area (Å²) >= 11 is 0. The highest BCUT2D eigenvalue weighted by atomic mass is 16.6. The van der Waals surface area contributed by atoms with Crippen LogP contribution in [0.5, 0.6) is 0 Å². The number of nitrogens with zero attached hydrogens (tertiary/aromatic N) is 1. The first-order chi connectivity index (χ1) is 11.7.